The van der Waals surface area contributed by atoms with Crippen LogP contribution < -0.4 is 14.8 Å². The molecule has 2 aromatic heterocycles. The summed E-state index contributed by atoms with van der Waals surface area (Å²) in [6, 6.07) is 15.6. The third-order valence-corrected chi connectivity index (χ3v) is 8.42. The van der Waals surface area contributed by atoms with Gasteiger partial charge in [0, 0.05) is 30.1 Å². The molecular formula is C28H26N6O6S. The van der Waals surface area contributed by atoms with Crippen LogP contribution in [-0.4, -0.2) is 35.8 Å². The van der Waals surface area contributed by atoms with Crippen molar-refractivity contribution >= 4 is 38.3 Å². The molecule has 1 fully saturated rings. The predicted molar refractivity (Wildman–Crippen MR) is 150 cm³/mol. The topological polar surface area (TPSA) is 180 Å². The van der Waals surface area contributed by atoms with Gasteiger partial charge >= 0.3 is 0 Å². The van der Waals surface area contributed by atoms with Crippen LogP contribution >= 0.6 is 0 Å². The van der Waals surface area contributed by atoms with E-state index >= 15 is 0 Å². The predicted octanol–water partition coefficient (Wildman–Crippen LogP) is 5.12. The Morgan fingerprint density at radius 2 is 1.93 bits per heavy atom. The Morgan fingerprint density at radius 3 is 2.68 bits per heavy atom. The van der Waals surface area contributed by atoms with Crippen LogP contribution in [0.2, 0.25) is 0 Å². The minimum atomic E-state index is -4.55. The number of aromatic amines is 1. The lowest BCUT2D eigenvalue weighted by Gasteiger charge is -2.25. The van der Waals surface area contributed by atoms with Gasteiger partial charge in [-0.1, -0.05) is 18.2 Å². The standard InChI is InChI=1S/C28H26N6O6S/c29-15-18-8-10-19(11-9-18)16-31-26-23(34(36)37)5-3-7-25(26)41(38,39)33-28(35)22-4-1-2-6-24(22)40-21-14-20-12-13-30-27(20)32-17-21/h1-7,12-14,17-19,31H,8-11,16H2,(H,30,32)(H,33,35). The molecule has 2 aromatic carbocycles. The molecule has 1 aliphatic rings. The van der Waals surface area contributed by atoms with Crippen LogP contribution in [0, 0.1) is 33.3 Å². The summed E-state index contributed by atoms with van der Waals surface area (Å²) in [6.45, 7) is 0.287. The first kappa shape index (κ1) is 27.6. The fourth-order valence-corrected chi connectivity index (χ4v) is 6.06. The number of anilines is 1. The molecule has 2 heterocycles. The maximum atomic E-state index is 13.4. The first-order chi connectivity index (χ1) is 19.7. The van der Waals surface area contributed by atoms with Gasteiger partial charge in [0.2, 0.25) is 0 Å². The second kappa shape index (κ2) is 11.6. The van der Waals surface area contributed by atoms with E-state index in [9.17, 15) is 23.3 Å². The van der Waals surface area contributed by atoms with Gasteiger partial charge in [-0.2, -0.15) is 5.26 Å². The number of nitriles is 1. The molecule has 3 N–H and O–H groups in total. The highest BCUT2D eigenvalue weighted by atomic mass is 32.2. The summed E-state index contributed by atoms with van der Waals surface area (Å²) in [7, 11) is -4.55. The van der Waals surface area contributed by atoms with E-state index < -0.39 is 31.4 Å². The molecule has 1 amide bonds. The van der Waals surface area contributed by atoms with E-state index in [2.05, 4.69) is 21.4 Å². The smallest absolute Gasteiger partial charge is 0.293 e. The van der Waals surface area contributed by atoms with E-state index in [0.29, 0.717) is 11.4 Å². The Bertz CT molecular complexity index is 1760. The molecule has 5 rings (SSSR count). The van der Waals surface area contributed by atoms with Crippen molar-refractivity contribution in [2.75, 3.05) is 11.9 Å². The van der Waals surface area contributed by atoms with Gasteiger partial charge in [0.1, 0.15) is 27.7 Å². The zero-order valence-corrected chi connectivity index (χ0v) is 22.6. The molecule has 210 valence electrons. The number of para-hydroxylation sites is 2. The van der Waals surface area contributed by atoms with E-state index in [1.807, 2.05) is 10.8 Å². The number of nitro groups is 1. The molecule has 0 radical (unpaired) electrons. The van der Waals surface area contributed by atoms with Crippen molar-refractivity contribution in [3.8, 4) is 17.6 Å². The molecule has 0 unspecified atom stereocenters. The number of nitrogens with zero attached hydrogens (tertiary/aromatic N) is 3. The lowest BCUT2D eigenvalue weighted by atomic mass is 9.83. The number of hydrogen-bond donors (Lipinski definition) is 3. The van der Waals surface area contributed by atoms with Gasteiger partial charge < -0.3 is 15.0 Å². The highest BCUT2D eigenvalue weighted by Gasteiger charge is 2.30. The van der Waals surface area contributed by atoms with Crippen molar-refractivity contribution in [2.24, 2.45) is 11.8 Å². The average Bonchev–Trinajstić information content (AvgIpc) is 3.44. The van der Waals surface area contributed by atoms with Crippen LogP contribution in [0.4, 0.5) is 11.4 Å². The number of H-pyrrole nitrogens is 1. The van der Waals surface area contributed by atoms with E-state index in [-0.39, 0.29) is 35.4 Å². The molecule has 4 aromatic rings. The van der Waals surface area contributed by atoms with Gasteiger partial charge in [-0.15, -0.1) is 0 Å². The van der Waals surface area contributed by atoms with E-state index in [4.69, 9.17) is 10.00 Å². The van der Waals surface area contributed by atoms with Gasteiger partial charge in [0.05, 0.1) is 22.8 Å². The SMILES string of the molecule is N#CC1CCC(CNc2c([N+](=O)[O-])cccc2S(=O)(=O)NC(=O)c2ccccc2Oc2cnc3[nH]ccc3c2)CC1. The number of rotatable bonds is 9. The Kier molecular flexibility index (Phi) is 7.84. The van der Waals surface area contributed by atoms with Gasteiger partial charge in [-0.05, 0) is 61.9 Å². The lowest BCUT2D eigenvalue weighted by Crippen LogP contribution is -2.32. The molecule has 0 spiro atoms. The summed E-state index contributed by atoms with van der Waals surface area (Å²) in [6.07, 6.45) is 6.12. The number of nitrogens with one attached hydrogen (secondary N) is 3. The van der Waals surface area contributed by atoms with Gasteiger partial charge in [0.25, 0.3) is 21.6 Å². The number of carbonyl (C=O) groups is 1. The summed E-state index contributed by atoms with van der Waals surface area (Å²) < 4.78 is 34.8. The number of amides is 1. The second-order valence-corrected chi connectivity index (χ2v) is 11.4. The van der Waals surface area contributed by atoms with E-state index in [1.54, 1.807) is 24.4 Å². The summed E-state index contributed by atoms with van der Waals surface area (Å²) >= 11 is 0. The zero-order chi connectivity index (χ0) is 29.0. The number of hydrogen-bond acceptors (Lipinski definition) is 9. The van der Waals surface area contributed by atoms with E-state index in [1.165, 1.54) is 36.5 Å². The molecule has 1 saturated carbocycles. The number of aromatic nitrogens is 2. The molecule has 0 atom stereocenters. The maximum absolute atomic E-state index is 13.4. The fraction of sp³-hybridized carbons (Fsp3) is 0.250. The van der Waals surface area contributed by atoms with Gasteiger partial charge in [-0.25, -0.2) is 18.1 Å². The van der Waals surface area contributed by atoms with Crippen LogP contribution in [0.5, 0.6) is 11.5 Å². The number of sulfonamides is 1. The fourth-order valence-electron chi connectivity index (χ4n) is 4.89. The number of ether oxygens (including phenoxy) is 1. The Labute approximate surface area is 235 Å². The molecule has 41 heavy (non-hydrogen) atoms. The molecule has 1 aliphatic carbocycles. The average molecular weight is 575 g/mol. The Hall–Kier alpha value is -4.96. The summed E-state index contributed by atoms with van der Waals surface area (Å²) in [4.78, 5) is 31.1. The van der Waals surface area contributed by atoms with Gasteiger partial charge in [-0.3, -0.25) is 14.9 Å². The lowest BCUT2D eigenvalue weighted by molar-refractivity contribution is -0.384. The van der Waals surface area contributed by atoms with Crippen LogP contribution in [0.15, 0.2) is 71.9 Å². The van der Waals surface area contributed by atoms with Crippen molar-refractivity contribution < 1.29 is 22.9 Å². The zero-order valence-electron chi connectivity index (χ0n) is 21.7. The van der Waals surface area contributed by atoms with Crippen molar-refractivity contribution in [2.45, 2.75) is 30.6 Å². The first-order valence-electron chi connectivity index (χ1n) is 12.9. The van der Waals surface area contributed by atoms with E-state index in [0.717, 1.165) is 31.1 Å². The van der Waals surface area contributed by atoms with Crippen LogP contribution in [0.3, 0.4) is 0 Å². The molecule has 0 aliphatic heterocycles. The normalized spacial score (nSPS) is 17.0. The first-order valence-corrected chi connectivity index (χ1v) is 14.4. The van der Waals surface area contributed by atoms with Crippen LogP contribution in [-0.2, 0) is 10.0 Å². The maximum Gasteiger partial charge on any atom is 0.293 e. The minimum absolute atomic E-state index is 0.0110. The summed E-state index contributed by atoms with van der Waals surface area (Å²) in [5.41, 5.74) is -0.0249. The van der Waals surface area contributed by atoms with Crippen molar-refractivity contribution in [1.82, 2.24) is 14.7 Å². The molecule has 13 heteroatoms. The third kappa shape index (κ3) is 6.12. The van der Waals surface area contributed by atoms with Crippen molar-refractivity contribution in [1.29, 1.82) is 5.26 Å². The summed E-state index contributed by atoms with van der Waals surface area (Å²) in [5, 5.41) is 24.7. The van der Waals surface area contributed by atoms with Gasteiger partial charge in [0.15, 0.2) is 0 Å². The monoisotopic (exact) mass is 574 g/mol. The van der Waals surface area contributed by atoms with Crippen molar-refractivity contribution in [3.63, 3.8) is 0 Å². The molecule has 0 bridgehead atoms. The van der Waals surface area contributed by atoms with Crippen LogP contribution in [0.25, 0.3) is 11.0 Å². The molecular weight excluding hydrogens is 548 g/mol. The number of carbonyl (C=O) groups excluding carboxylic acids is 1. The van der Waals surface area contributed by atoms with Crippen molar-refractivity contribution in [3.05, 3.63) is 82.7 Å². The highest BCUT2D eigenvalue weighted by Crippen LogP contribution is 2.34. The Morgan fingerprint density at radius 1 is 1.15 bits per heavy atom. The largest absolute Gasteiger partial charge is 0.455 e. The quantitative estimate of drug-likeness (QED) is 0.180. The molecule has 12 nitrogen and oxygen atoms in total. The number of nitro benzene ring substituents is 1. The minimum Gasteiger partial charge on any atom is -0.455 e. The Balaban J connectivity index is 1.38. The second-order valence-electron chi connectivity index (χ2n) is 9.75. The number of fused-ring (bicyclic) bond motifs is 1. The molecule has 0 saturated heterocycles. The number of benzene rings is 2. The number of pyridine rings is 1. The third-order valence-electron chi connectivity index (χ3n) is 7.05. The van der Waals surface area contributed by atoms with Crippen LogP contribution in [0.1, 0.15) is 36.0 Å². The highest BCUT2D eigenvalue weighted by molar-refractivity contribution is 7.90. The summed E-state index contributed by atoms with van der Waals surface area (Å²) in [5.74, 6) is -0.420.